The van der Waals surface area contributed by atoms with Gasteiger partial charge in [0.05, 0.1) is 17.5 Å². The molecule has 1 unspecified atom stereocenters. The number of piperidine rings is 1. The highest BCUT2D eigenvalue weighted by atomic mass is 16.5. The number of benzene rings is 1. The van der Waals surface area contributed by atoms with Gasteiger partial charge in [-0.3, -0.25) is 9.78 Å². The molecule has 3 heterocycles. The maximum absolute atomic E-state index is 12.8. The first-order valence-corrected chi connectivity index (χ1v) is 10.1. The van der Waals surface area contributed by atoms with Crippen molar-refractivity contribution in [1.29, 1.82) is 0 Å². The summed E-state index contributed by atoms with van der Waals surface area (Å²) in [6.45, 7) is 1.18. The summed E-state index contributed by atoms with van der Waals surface area (Å²) >= 11 is 0. The maximum atomic E-state index is 12.8. The molecule has 6 nitrogen and oxygen atoms in total. The van der Waals surface area contributed by atoms with E-state index >= 15 is 0 Å². The van der Waals surface area contributed by atoms with Crippen LogP contribution in [0.5, 0.6) is 0 Å². The van der Waals surface area contributed by atoms with Gasteiger partial charge in [0.1, 0.15) is 0 Å². The van der Waals surface area contributed by atoms with E-state index in [0.29, 0.717) is 18.8 Å². The molecule has 0 spiro atoms. The lowest BCUT2D eigenvalue weighted by Gasteiger charge is -2.33. The Balaban J connectivity index is 1.30. The fourth-order valence-electron chi connectivity index (χ4n) is 3.81. The second-order valence-corrected chi connectivity index (χ2v) is 7.50. The van der Waals surface area contributed by atoms with Gasteiger partial charge in [-0.15, -0.1) is 0 Å². The molecule has 29 heavy (non-hydrogen) atoms. The van der Waals surface area contributed by atoms with Gasteiger partial charge >= 0.3 is 0 Å². The van der Waals surface area contributed by atoms with Gasteiger partial charge in [-0.25, -0.2) is 0 Å². The Hall–Kier alpha value is -2.99. The zero-order valence-corrected chi connectivity index (χ0v) is 16.3. The van der Waals surface area contributed by atoms with Crippen LogP contribution >= 0.6 is 0 Å². The topological polar surface area (TPSA) is 79.5 Å². The van der Waals surface area contributed by atoms with Crippen molar-refractivity contribution < 1.29 is 14.4 Å². The molecule has 1 aliphatic heterocycles. The van der Waals surface area contributed by atoms with Crippen LogP contribution in [0.2, 0.25) is 0 Å². The summed E-state index contributed by atoms with van der Waals surface area (Å²) in [6, 6.07) is 17.5. The Morgan fingerprint density at radius 1 is 1.10 bits per heavy atom. The minimum Gasteiger partial charge on any atom is -0.387 e. The van der Waals surface area contributed by atoms with Crippen LogP contribution in [0, 0.1) is 5.92 Å². The molecule has 3 aromatic rings. The number of hydrogen-bond acceptors (Lipinski definition) is 5. The van der Waals surface area contributed by atoms with Gasteiger partial charge in [-0.2, -0.15) is 0 Å². The summed E-state index contributed by atoms with van der Waals surface area (Å²) < 4.78 is 5.31. The number of nitrogens with zero attached hydrogens (tertiary/aromatic N) is 3. The van der Waals surface area contributed by atoms with E-state index in [1.165, 1.54) is 5.56 Å². The number of aliphatic hydroxyl groups excluding tert-OH is 1. The van der Waals surface area contributed by atoms with Gasteiger partial charge in [0.2, 0.25) is 5.76 Å². The van der Waals surface area contributed by atoms with Crippen LogP contribution in [0.15, 0.2) is 65.3 Å². The Morgan fingerprint density at radius 3 is 2.59 bits per heavy atom. The molecule has 0 aliphatic carbocycles. The van der Waals surface area contributed by atoms with E-state index in [-0.39, 0.29) is 17.6 Å². The molecule has 1 aliphatic rings. The van der Waals surface area contributed by atoms with Crippen LogP contribution in [-0.2, 0) is 12.8 Å². The summed E-state index contributed by atoms with van der Waals surface area (Å²) in [5.41, 5.74) is 2.71. The Kier molecular flexibility index (Phi) is 6.00. The zero-order valence-electron chi connectivity index (χ0n) is 16.3. The second kappa shape index (κ2) is 9.01. The Morgan fingerprint density at radius 2 is 1.86 bits per heavy atom. The molecule has 1 amide bonds. The predicted molar refractivity (Wildman–Crippen MR) is 108 cm³/mol. The average molecular weight is 391 g/mol. The highest BCUT2D eigenvalue weighted by Gasteiger charge is 2.30. The second-order valence-electron chi connectivity index (χ2n) is 7.50. The van der Waals surface area contributed by atoms with Crippen molar-refractivity contribution in [2.75, 3.05) is 13.1 Å². The number of rotatable bonds is 6. The number of aliphatic hydroxyl groups is 1. The molecule has 2 aromatic heterocycles. The van der Waals surface area contributed by atoms with Gasteiger partial charge in [0.25, 0.3) is 5.91 Å². The summed E-state index contributed by atoms with van der Waals surface area (Å²) in [7, 11) is 0. The lowest BCUT2D eigenvalue weighted by Crippen LogP contribution is -2.39. The molecule has 4 rings (SSSR count). The van der Waals surface area contributed by atoms with Crippen LogP contribution in [0.3, 0.4) is 0 Å². The van der Waals surface area contributed by atoms with Crippen molar-refractivity contribution in [2.24, 2.45) is 5.92 Å². The van der Waals surface area contributed by atoms with Gasteiger partial charge in [-0.05, 0) is 49.3 Å². The van der Waals surface area contributed by atoms with Crippen molar-refractivity contribution in [2.45, 2.75) is 31.8 Å². The first-order chi connectivity index (χ1) is 14.2. The summed E-state index contributed by atoms with van der Waals surface area (Å²) in [6.07, 6.45) is 4.16. The highest BCUT2D eigenvalue weighted by molar-refractivity contribution is 5.91. The van der Waals surface area contributed by atoms with Crippen LogP contribution < -0.4 is 0 Å². The number of carbonyl (C=O) groups is 1. The minimum atomic E-state index is -0.594. The molecule has 0 saturated carbocycles. The lowest BCUT2D eigenvalue weighted by molar-refractivity contribution is 0.0423. The number of aryl methyl sites for hydroxylation is 2. The van der Waals surface area contributed by atoms with E-state index in [9.17, 15) is 9.90 Å². The summed E-state index contributed by atoms with van der Waals surface area (Å²) in [4.78, 5) is 18.8. The predicted octanol–water partition coefficient (Wildman–Crippen LogP) is 3.44. The van der Waals surface area contributed by atoms with Gasteiger partial charge in [0, 0.05) is 25.4 Å². The number of amides is 1. The molecule has 1 aromatic carbocycles. The largest absolute Gasteiger partial charge is 0.387 e. The molecule has 6 heteroatoms. The number of carbonyl (C=O) groups excluding carboxylic acids is 1. The smallest absolute Gasteiger partial charge is 0.292 e. The third-order valence-corrected chi connectivity index (χ3v) is 5.55. The standard InChI is InChI=1S/C23H25N3O3/c27-22(20-8-4-5-13-24-20)18-11-14-26(15-12-18)23(28)21-16-19(25-29-21)10-9-17-6-2-1-3-7-17/h1-8,13,16,18,22,27H,9-12,14-15H2. The number of likely N-dealkylation sites (tertiary alicyclic amines) is 1. The number of aromatic nitrogens is 2. The third kappa shape index (κ3) is 4.71. The van der Waals surface area contributed by atoms with Crippen molar-refractivity contribution in [1.82, 2.24) is 15.0 Å². The Labute approximate surface area is 170 Å². The minimum absolute atomic E-state index is 0.102. The molecule has 0 radical (unpaired) electrons. The molecule has 150 valence electrons. The molecule has 1 N–H and O–H groups in total. The lowest BCUT2D eigenvalue weighted by atomic mass is 9.89. The maximum Gasteiger partial charge on any atom is 0.292 e. The zero-order chi connectivity index (χ0) is 20.1. The molecule has 0 bridgehead atoms. The molecular formula is C23H25N3O3. The Bertz CT molecular complexity index is 919. The number of pyridine rings is 1. The van der Waals surface area contributed by atoms with Gasteiger partial charge in [-0.1, -0.05) is 41.6 Å². The highest BCUT2D eigenvalue weighted by Crippen LogP contribution is 2.30. The van der Waals surface area contributed by atoms with Crippen LogP contribution in [0.25, 0.3) is 0 Å². The molecule has 1 fully saturated rings. The summed E-state index contributed by atoms with van der Waals surface area (Å²) in [5.74, 6) is 0.260. The van der Waals surface area contributed by atoms with E-state index < -0.39 is 6.10 Å². The van der Waals surface area contributed by atoms with Gasteiger partial charge in [0.15, 0.2) is 0 Å². The molecule has 1 atom stereocenters. The fraction of sp³-hybridized carbons (Fsp3) is 0.348. The number of hydrogen-bond donors (Lipinski definition) is 1. The van der Waals surface area contributed by atoms with Crippen LogP contribution in [-0.4, -0.2) is 39.1 Å². The van der Waals surface area contributed by atoms with Crippen LogP contribution in [0.1, 0.15) is 46.5 Å². The SMILES string of the molecule is O=C(c1cc(CCc2ccccc2)no1)N1CCC(C(O)c2ccccn2)CC1. The van der Waals surface area contributed by atoms with E-state index in [1.807, 2.05) is 36.4 Å². The monoisotopic (exact) mass is 391 g/mol. The first-order valence-electron chi connectivity index (χ1n) is 10.1. The van der Waals surface area contributed by atoms with Crippen molar-refractivity contribution >= 4 is 5.91 Å². The molecular weight excluding hydrogens is 366 g/mol. The van der Waals surface area contributed by atoms with Crippen LogP contribution in [0.4, 0.5) is 0 Å². The molecule has 1 saturated heterocycles. The average Bonchev–Trinajstić information content (AvgIpc) is 3.27. The van der Waals surface area contributed by atoms with E-state index in [2.05, 4.69) is 22.3 Å². The fourth-order valence-corrected chi connectivity index (χ4v) is 3.81. The third-order valence-electron chi connectivity index (χ3n) is 5.55. The summed E-state index contributed by atoms with van der Waals surface area (Å²) in [5, 5.41) is 14.6. The normalized spacial score (nSPS) is 16.0. The van der Waals surface area contributed by atoms with Gasteiger partial charge < -0.3 is 14.5 Å². The van der Waals surface area contributed by atoms with E-state index in [0.717, 1.165) is 31.4 Å². The first kappa shape index (κ1) is 19.3. The van der Waals surface area contributed by atoms with E-state index in [1.54, 1.807) is 17.2 Å². The van der Waals surface area contributed by atoms with Crippen molar-refractivity contribution in [3.63, 3.8) is 0 Å². The van der Waals surface area contributed by atoms with Crippen molar-refractivity contribution in [3.05, 3.63) is 83.5 Å². The van der Waals surface area contributed by atoms with E-state index in [4.69, 9.17) is 4.52 Å². The van der Waals surface area contributed by atoms with Crippen molar-refractivity contribution in [3.8, 4) is 0 Å². The quantitative estimate of drug-likeness (QED) is 0.696.